The molecule has 2 aliphatic heterocycles. The van der Waals surface area contributed by atoms with Crippen LogP contribution in [0.4, 0.5) is 0 Å². The summed E-state index contributed by atoms with van der Waals surface area (Å²) in [5.74, 6) is 0.752. The molecule has 2 saturated heterocycles. The Morgan fingerprint density at radius 2 is 1.97 bits per heavy atom. The Labute approximate surface area is 201 Å². The van der Waals surface area contributed by atoms with Gasteiger partial charge in [0.1, 0.15) is 0 Å². The lowest BCUT2D eigenvalue weighted by molar-refractivity contribution is -0.129. The van der Waals surface area contributed by atoms with E-state index in [4.69, 9.17) is 4.74 Å². The summed E-state index contributed by atoms with van der Waals surface area (Å²) in [7, 11) is 0. The largest absolute Gasteiger partial charge is 0.375 e. The van der Waals surface area contributed by atoms with Gasteiger partial charge >= 0.3 is 0 Å². The van der Waals surface area contributed by atoms with Crippen molar-refractivity contribution in [2.75, 3.05) is 26.2 Å². The van der Waals surface area contributed by atoms with Crippen LogP contribution in [0.2, 0.25) is 0 Å². The van der Waals surface area contributed by atoms with Gasteiger partial charge in [-0.2, -0.15) is 5.10 Å². The molecule has 1 amide bonds. The molecule has 3 aromatic rings. The molecule has 178 valence electrons. The van der Waals surface area contributed by atoms with Gasteiger partial charge in [-0.15, -0.1) is 0 Å². The highest BCUT2D eigenvalue weighted by Gasteiger charge is 2.42. The highest BCUT2D eigenvalue weighted by Crippen LogP contribution is 2.37. The number of amides is 1. The summed E-state index contributed by atoms with van der Waals surface area (Å²) in [5.41, 5.74) is 1.86. The summed E-state index contributed by atoms with van der Waals surface area (Å²) >= 11 is 0. The van der Waals surface area contributed by atoms with E-state index in [-0.39, 0.29) is 17.6 Å². The van der Waals surface area contributed by atoms with Crippen molar-refractivity contribution in [3.05, 3.63) is 78.2 Å². The van der Waals surface area contributed by atoms with Crippen LogP contribution in [0.25, 0.3) is 5.82 Å². The third kappa shape index (κ3) is 4.91. The zero-order chi connectivity index (χ0) is 23.4. The maximum atomic E-state index is 13.4. The van der Waals surface area contributed by atoms with E-state index in [1.807, 2.05) is 29.3 Å². The first-order chi connectivity index (χ1) is 16.7. The molecule has 34 heavy (non-hydrogen) atoms. The Hall–Kier alpha value is -3.03. The normalized spacial score (nSPS) is 20.3. The number of benzene rings is 1. The molecule has 0 aliphatic carbocycles. The summed E-state index contributed by atoms with van der Waals surface area (Å²) in [5, 5.41) is 4.20. The SMILES string of the molecule is CCN(C(=O)c1ccc(-n2cccn2)nc1)[C@@H]1CCOC2(CCN(Cc3ccccc3)CC2)C1. The fourth-order valence-electron chi connectivity index (χ4n) is 5.36. The second-order valence-electron chi connectivity index (χ2n) is 9.39. The molecule has 4 heterocycles. The van der Waals surface area contributed by atoms with E-state index in [1.165, 1.54) is 5.56 Å². The van der Waals surface area contributed by atoms with Crippen molar-refractivity contribution in [3.63, 3.8) is 0 Å². The van der Waals surface area contributed by atoms with Crippen molar-refractivity contribution >= 4 is 5.91 Å². The highest BCUT2D eigenvalue weighted by atomic mass is 16.5. The molecule has 7 heteroatoms. The maximum Gasteiger partial charge on any atom is 0.255 e. The third-order valence-corrected chi connectivity index (χ3v) is 7.26. The van der Waals surface area contributed by atoms with Gasteiger partial charge in [0.05, 0.1) is 11.2 Å². The van der Waals surface area contributed by atoms with Crippen LogP contribution in [-0.4, -0.2) is 68.4 Å². The summed E-state index contributed by atoms with van der Waals surface area (Å²) < 4.78 is 8.08. The highest BCUT2D eigenvalue weighted by molar-refractivity contribution is 5.94. The third-order valence-electron chi connectivity index (χ3n) is 7.26. The number of hydrogen-bond acceptors (Lipinski definition) is 5. The molecule has 0 saturated carbocycles. The van der Waals surface area contributed by atoms with Crippen molar-refractivity contribution in [1.82, 2.24) is 24.6 Å². The van der Waals surface area contributed by atoms with Crippen molar-refractivity contribution in [2.24, 2.45) is 0 Å². The number of piperidine rings is 1. The first kappa shape index (κ1) is 22.7. The van der Waals surface area contributed by atoms with E-state index in [2.05, 4.69) is 52.2 Å². The van der Waals surface area contributed by atoms with Crippen LogP contribution in [0.15, 0.2) is 67.1 Å². The molecular formula is C27H33N5O2. The molecule has 0 bridgehead atoms. The van der Waals surface area contributed by atoms with E-state index in [0.717, 1.165) is 45.3 Å². The summed E-state index contributed by atoms with van der Waals surface area (Å²) in [6.07, 6.45) is 9.05. The number of pyridine rings is 1. The van der Waals surface area contributed by atoms with Gasteiger partial charge in [0.15, 0.2) is 5.82 Å². The number of rotatable bonds is 6. The van der Waals surface area contributed by atoms with Crippen molar-refractivity contribution < 1.29 is 9.53 Å². The van der Waals surface area contributed by atoms with Crippen LogP contribution in [0, 0.1) is 0 Å². The van der Waals surface area contributed by atoms with Gasteiger partial charge in [0, 0.05) is 57.4 Å². The molecule has 0 radical (unpaired) electrons. The molecular weight excluding hydrogens is 426 g/mol. The van der Waals surface area contributed by atoms with Crippen molar-refractivity contribution in [1.29, 1.82) is 0 Å². The number of ether oxygens (including phenoxy) is 1. The molecule has 2 fully saturated rings. The Morgan fingerprint density at radius 1 is 1.15 bits per heavy atom. The standard InChI is InChI=1S/C27H33N5O2/c1-2-31(26(33)23-9-10-25(28-20-23)32-15-6-14-29-32)24-11-18-34-27(19-24)12-16-30(17-13-27)21-22-7-4-3-5-8-22/h3-10,14-15,20,24H,2,11-13,16-19,21H2,1H3/t24-/m1/s1. The van der Waals surface area contributed by atoms with Crippen LogP contribution in [-0.2, 0) is 11.3 Å². The number of carbonyl (C=O) groups excluding carboxylic acids is 1. The number of nitrogens with zero attached hydrogens (tertiary/aromatic N) is 5. The summed E-state index contributed by atoms with van der Waals surface area (Å²) in [4.78, 5) is 22.4. The van der Waals surface area contributed by atoms with Gasteiger partial charge < -0.3 is 9.64 Å². The first-order valence-corrected chi connectivity index (χ1v) is 12.3. The lowest BCUT2D eigenvalue weighted by Crippen LogP contribution is -2.54. The predicted octanol–water partition coefficient (Wildman–Crippen LogP) is 3.94. The molecule has 7 nitrogen and oxygen atoms in total. The van der Waals surface area contributed by atoms with E-state index < -0.39 is 0 Å². The monoisotopic (exact) mass is 459 g/mol. The zero-order valence-corrected chi connectivity index (χ0v) is 19.8. The lowest BCUT2D eigenvalue weighted by atomic mass is 9.81. The average molecular weight is 460 g/mol. The predicted molar refractivity (Wildman–Crippen MR) is 131 cm³/mol. The van der Waals surface area contributed by atoms with Gasteiger partial charge in [0.2, 0.25) is 0 Å². The van der Waals surface area contributed by atoms with Gasteiger partial charge in [-0.1, -0.05) is 30.3 Å². The van der Waals surface area contributed by atoms with Gasteiger partial charge in [0.25, 0.3) is 5.91 Å². The van der Waals surface area contributed by atoms with E-state index in [1.54, 1.807) is 17.1 Å². The average Bonchev–Trinajstić information content (AvgIpc) is 3.42. The minimum absolute atomic E-state index is 0.0468. The van der Waals surface area contributed by atoms with Gasteiger partial charge in [-0.25, -0.2) is 9.67 Å². The Bertz CT molecular complexity index is 1060. The molecule has 2 aromatic heterocycles. The fourth-order valence-corrected chi connectivity index (χ4v) is 5.36. The summed E-state index contributed by atoms with van der Waals surface area (Å²) in [6, 6.07) is 16.4. The zero-order valence-electron chi connectivity index (χ0n) is 19.8. The summed E-state index contributed by atoms with van der Waals surface area (Å²) in [6.45, 7) is 6.50. The molecule has 1 atom stereocenters. The number of aromatic nitrogens is 3. The molecule has 1 spiro atoms. The van der Waals surface area contributed by atoms with Crippen LogP contribution < -0.4 is 0 Å². The number of likely N-dealkylation sites (tertiary alicyclic amines) is 1. The second kappa shape index (κ2) is 10.1. The first-order valence-electron chi connectivity index (χ1n) is 12.3. The van der Waals surface area contributed by atoms with E-state index in [9.17, 15) is 4.79 Å². The minimum Gasteiger partial charge on any atom is -0.375 e. The minimum atomic E-state index is -0.119. The Kier molecular flexibility index (Phi) is 6.74. The van der Waals surface area contributed by atoms with E-state index >= 15 is 0 Å². The molecule has 1 aromatic carbocycles. The van der Waals surface area contributed by atoms with Crippen LogP contribution in [0.3, 0.4) is 0 Å². The fraction of sp³-hybridized carbons (Fsp3) is 0.444. The van der Waals surface area contributed by atoms with Gasteiger partial charge in [-0.05, 0) is 56.4 Å². The van der Waals surface area contributed by atoms with Crippen molar-refractivity contribution in [2.45, 2.75) is 50.8 Å². The lowest BCUT2D eigenvalue weighted by Gasteiger charge is -2.48. The second-order valence-corrected chi connectivity index (χ2v) is 9.39. The molecule has 5 rings (SSSR count). The van der Waals surface area contributed by atoms with Crippen LogP contribution in [0.5, 0.6) is 0 Å². The van der Waals surface area contributed by atoms with E-state index in [0.29, 0.717) is 24.5 Å². The van der Waals surface area contributed by atoms with Gasteiger partial charge in [-0.3, -0.25) is 9.69 Å². The topological polar surface area (TPSA) is 63.5 Å². The Balaban J connectivity index is 1.22. The van der Waals surface area contributed by atoms with Crippen LogP contribution in [0.1, 0.15) is 48.5 Å². The number of carbonyl (C=O) groups is 1. The van der Waals surface area contributed by atoms with Crippen molar-refractivity contribution in [3.8, 4) is 5.82 Å². The molecule has 0 unspecified atom stereocenters. The van der Waals surface area contributed by atoms with Crippen LogP contribution >= 0.6 is 0 Å². The Morgan fingerprint density at radius 3 is 2.65 bits per heavy atom. The molecule has 0 N–H and O–H groups in total. The maximum absolute atomic E-state index is 13.4. The quantitative estimate of drug-likeness (QED) is 0.559. The molecule has 2 aliphatic rings. The number of hydrogen-bond donors (Lipinski definition) is 0. The smallest absolute Gasteiger partial charge is 0.255 e.